The van der Waals surface area contributed by atoms with Gasteiger partial charge in [-0.05, 0) is 5.56 Å². The molecule has 4 nitrogen and oxygen atoms in total. The van der Waals surface area contributed by atoms with Crippen LogP contribution in [0.3, 0.4) is 0 Å². The number of cyclic esters (lactones) is 1. The molecule has 1 aromatic carbocycles. The Kier molecular flexibility index (Phi) is 2.18. The van der Waals surface area contributed by atoms with Crippen molar-refractivity contribution in [2.75, 3.05) is 6.61 Å². The standard InChI is InChI=1S/C10H9NO3/c12-9-10(13)14-6-8(11-9)7-4-2-1-3-5-7/h1-5,8H,6H2,(H,11,12). The average Bonchev–Trinajstić information content (AvgIpc) is 2.23. The van der Waals surface area contributed by atoms with Gasteiger partial charge in [0.2, 0.25) is 0 Å². The molecule has 2 rings (SSSR count). The molecule has 1 amide bonds. The molecule has 0 aliphatic carbocycles. The molecule has 4 heteroatoms. The maximum atomic E-state index is 11.0. The number of nitrogens with one attached hydrogen (secondary N) is 1. The van der Waals surface area contributed by atoms with E-state index in [4.69, 9.17) is 4.74 Å². The molecule has 14 heavy (non-hydrogen) atoms. The zero-order chi connectivity index (χ0) is 9.97. The lowest BCUT2D eigenvalue weighted by atomic mass is 10.1. The molecule has 72 valence electrons. The van der Waals surface area contributed by atoms with Crippen molar-refractivity contribution in [2.45, 2.75) is 6.04 Å². The zero-order valence-corrected chi connectivity index (χ0v) is 7.40. The monoisotopic (exact) mass is 191 g/mol. The molecule has 1 fully saturated rings. The molecule has 1 aliphatic heterocycles. The van der Waals surface area contributed by atoms with Gasteiger partial charge in [-0.2, -0.15) is 0 Å². The molecule has 1 N–H and O–H groups in total. The molecule has 1 unspecified atom stereocenters. The van der Waals surface area contributed by atoms with Crippen molar-refractivity contribution in [3.63, 3.8) is 0 Å². The number of hydrogen-bond donors (Lipinski definition) is 1. The molecule has 1 aliphatic rings. The maximum Gasteiger partial charge on any atom is 0.396 e. The summed E-state index contributed by atoms with van der Waals surface area (Å²) < 4.78 is 4.71. The summed E-state index contributed by atoms with van der Waals surface area (Å²) in [5, 5.41) is 2.57. The lowest BCUT2D eigenvalue weighted by molar-refractivity contribution is -0.160. The number of hydrogen-bond acceptors (Lipinski definition) is 3. The van der Waals surface area contributed by atoms with Gasteiger partial charge in [0.15, 0.2) is 0 Å². The van der Waals surface area contributed by atoms with Gasteiger partial charge in [0, 0.05) is 0 Å². The lowest BCUT2D eigenvalue weighted by Gasteiger charge is -2.22. The van der Waals surface area contributed by atoms with Gasteiger partial charge in [-0.15, -0.1) is 0 Å². The number of carbonyl (C=O) groups excluding carboxylic acids is 2. The highest BCUT2D eigenvalue weighted by Crippen LogP contribution is 2.15. The third kappa shape index (κ3) is 1.59. The highest BCUT2D eigenvalue weighted by atomic mass is 16.5. The van der Waals surface area contributed by atoms with Gasteiger partial charge in [-0.25, -0.2) is 4.79 Å². The summed E-state index contributed by atoms with van der Waals surface area (Å²) in [5.74, 6) is -1.48. The summed E-state index contributed by atoms with van der Waals surface area (Å²) in [7, 11) is 0. The minimum atomic E-state index is -0.808. The van der Waals surface area contributed by atoms with Crippen LogP contribution in [0.15, 0.2) is 30.3 Å². The molecule has 1 atom stereocenters. The SMILES string of the molecule is O=C1NC(c2ccccc2)COC1=O. The Bertz CT molecular complexity index is 361. The summed E-state index contributed by atoms with van der Waals surface area (Å²) >= 11 is 0. The Morgan fingerprint density at radius 2 is 1.93 bits per heavy atom. The Balaban J connectivity index is 2.14. The van der Waals surface area contributed by atoms with E-state index in [0.29, 0.717) is 0 Å². The van der Waals surface area contributed by atoms with Crippen LogP contribution in [0.1, 0.15) is 11.6 Å². The molecular formula is C10H9NO3. The molecule has 1 aromatic rings. The molecule has 0 saturated carbocycles. The van der Waals surface area contributed by atoms with Crippen molar-refractivity contribution in [1.82, 2.24) is 5.32 Å². The van der Waals surface area contributed by atoms with E-state index in [1.165, 1.54) is 0 Å². The second-order valence-electron chi connectivity index (χ2n) is 3.04. The van der Waals surface area contributed by atoms with Gasteiger partial charge in [-0.1, -0.05) is 30.3 Å². The van der Waals surface area contributed by atoms with Crippen LogP contribution in [0, 0.1) is 0 Å². The second-order valence-corrected chi connectivity index (χ2v) is 3.04. The second kappa shape index (κ2) is 3.49. The van der Waals surface area contributed by atoms with E-state index in [-0.39, 0.29) is 12.6 Å². The van der Waals surface area contributed by atoms with Crippen LogP contribution in [0.25, 0.3) is 0 Å². The third-order valence-electron chi connectivity index (χ3n) is 2.07. The van der Waals surface area contributed by atoms with Crippen LogP contribution in [0.5, 0.6) is 0 Å². The molecule has 1 saturated heterocycles. The fraction of sp³-hybridized carbons (Fsp3) is 0.200. The topological polar surface area (TPSA) is 55.4 Å². The van der Waals surface area contributed by atoms with Crippen molar-refractivity contribution < 1.29 is 14.3 Å². The van der Waals surface area contributed by atoms with E-state index in [1.807, 2.05) is 30.3 Å². The fourth-order valence-electron chi connectivity index (χ4n) is 1.35. The predicted octanol–water partition coefficient (Wildman–Crippen LogP) is 0.401. The minimum Gasteiger partial charge on any atom is -0.456 e. The lowest BCUT2D eigenvalue weighted by Crippen LogP contribution is -2.43. The maximum absolute atomic E-state index is 11.0. The van der Waals surface area contributed by atoms with Crippen LogP contribution >= 0.6 is 0 Å². The first-order valence-corrected chi connectivity index (χ1v) is 4.30. The average molecular weight is 191 g/mol. The molecule has 0 bridgehead atoms. The highest BCUT2D eigenvalue weighted by Gasteiger charge is 2.27. The van der Waals surface area contributed by atoms with E-state index < -0.39 is 11.9 Å². The number of carbonyl (C=O) groups is 2. The summed E-state index contributed by atoms with van der Waals surface area (Å²) in [6, 6.07) is 9.17. The van der Waals surface area contributed by atoms with Crippen molar-refractivity contribution in [1.29, 1.82) is 0 Å². The fourth-order valence-corrected chi connectivity index (χ4v) is 1.35. The summed E-state index contributed by atoms with van der Waals surface area (Å²) in [5.41, 5.74) is 0.938. The van der Waals surface area contributed by atoms with Gasteiger partial charge >= 0.3 is 11.9 Å². The van der Waals surface area contributed by atoms with Gasteiger partial charge < -0.3 is 10.1 Å². The van der Waals surface area contributed by atoms with E-state index in [2.05, 4.69) is 5.32 Å². The number of morpholine rings is 1. The molecule has 0 aromatic heterocycles. The van der Waals surface area contributed by atoms with Crippen molar-refractivity contribution in [2.24, 2.45) is 0 Å². The van der Waals surface area contributed by atoms with Gasteiger partial charge in [0.25, 0.3) is 0 Å². The summed E-state index contributed by atoms with van der Waals surface area (Å²) in [4.78, 5) is 21.7. The van der Waals surface area contributed by atoms with Crippen molar-refractivity contribution in [3.8, 4) is 0 Å². The van der Waals surface area contributed by atoms with Gasteiger partial charge in [0.05, 0.1) is 6.04 Å². The first-order chi connectivity index (χ1) is 6.77. The number of rotatable bonds is 1. The highest BCUT2D eigenvalue weighted by molar-refractivity contribution is 6.33. The van der Waals surface area contributed by atoms with Crippen molar-refractivity contribution in [3.05, 3.63) is 35.9 Å². The van der Waals surface area contributed by atoms with E-state index >= 15 is 0 Å². The van der Waals surface area contributed by atoms with Crippen LogP contribution in [0.4, 0.5) is 0 Å². The first-order valence-electron chi connectivity index (χ1n) is 4.30. The van der Waals surface area contributed by atoms with Gasteiger partial charge in [0.1, 0.15) is 6.61 Å². The molecule has 1 heterocycles. The normalized spacial score (nSPS) is 21.3. The van der Waals surface area contributed by atoms with Crippen LogP contribution in [-0.2, 0) is 14.3 Å². The quantitative estimate of drug-likeness (QED) is 0.516. The first kappa shape index (κ1) is 8.74. The molecule has 0 spiro atoms. The number of benzene rings is 1. The smallest absolute Gasteiger partial charge is 0.396 e. The van der Waals surface area contributed by atoms with Crippen LogP contribution in [0.2, 0.25) is 0 Å². The minimum absolute atomic E-state index is 0.203. The number of amides is 1. The number of esters is 1. The molecular weight excluding hydrogens is 182 g/mol. The Labute approximate surface area is 80.9 Å². The predicted molar refractivity (Wildman–Crippen MR) is 48.3 cm³/mol. The number of ether oxygens (including phenoxy) is 1. The van der Waals surface area contributed by atoms with E-state index in [9.17, 15) is 9.59 Å². The third-order valence-corrected chi connectivity index (χ3v) is 2.07. The van der Waals surface area contributed by atoms with Crippen molar-refractivity contribution >= 4 is 11.9 Å². The molecule has 0 radical (unpaired) electrons. The van der Waals surface area contributed by atoms with Crippen LogP contribution < -0.4 is 5.32 Å². The van der Waals surface area contributed by atoms with Crippen LogP contribution in [-0.4, -0.2) is 18.5 Å². The Morgan fingerprint density at radius 1 is 1.21 bits per heavy atom. The Morgan fingerprint density at radius 3 is 2.57 bits per heavy atom. The van der Waals surface area contributed by atoms with Gasteiger partial charge in [-0.3, -0.25) is 4.79 Å². The summed E-state index contributed by atoms with van der Waals surface area (Å²) in [6.07, 6.45) is 0. The zero-order valence-electron chi connectivity index (χ0n) is 7.40. The van der Waals surface area contributed by atoms with E-state index in [1.54, 1.807) is 0 Å². The van der Waals surface area contributed by atoms with E-state index in [0.717, 1.165) is 5.56 Å². The Hall–Kier alpha value is -1.84. The largest absolute Gasteiger partial charge is 0.456 e. The summed E-state index contributed by atoms with van der Waals surface area (Å²) in [6.45, 7) is 0.203.